The van der Waals surface area contributed by atoms with E-state index in [0.717, 1.165) is 11.8 Å². The highest BCUT2D eigenvalue weighted by Gasteiger charge is 2.45. The van der Waals surface area contributed by atoms with Gasteiger partial charge in [-0.3, -0.25) is 14.4 Å². The van der Waals surface area contributed by atoms with Crippen LogP contribution in [0.15, 0.2) is 34.9 Å². The number of nitrogens with zero attached hydrogens (tertiary/aromatic N) is 1. The molecule has 0 saturated carbocycles. The third kappa shape index (κ3) is 4.62. The first-order valence-electron chi connectivity index (χ1n) is 8.00. The summed E-state index contributed by atoms with van der Waals surface area (Å²) < 4.78 is 9.62. The third-order valence-electron chi connectivity index (χ3n) is 3.86. The number of halogens is 1. The van der Waals surface area contributed by atoms with Crippen LogP contribution in [0.4, 0.5) is 0 Å². The number of methoxy groups -OCH3 is 1. The van der Waals surface area contributed by atoms with Crippen LogP contribution in [0.3, 0.4) is 0 Å². The lowest BCUT2D eigenvalue weighted by atomic mass is 9.78. The number of nitriles is 1. The Bertz CT molecular complexity index is 833. The SMILES string of the molecule is CCOC(=O)CSC1=C(C#N)[C@H](c2ccccc2Cl)[C@H](C(=O)OC)C(=O)N1. The van der Waals surface area contributed by atoms with Gasteiger partial charge in [0.1, 0.15) is 5.92 Å². The summed E-state index contributed by atoms with van der Waals surface area (Å²) in [7, 11) is 1.17. The fraction of sp³-hybridized carbons (Fsp3) is 0.333. The van der Waals surface area contributed by atoms with E-state index in [-0.39, 0.29) is 23.0 Å². The zero-order valence-corrected chi connectivity index (χ0v) is 16.2. The second kappa shape index (κ2) is 9.44. The van der Waals surface area contributed by atoms with Gasteiger partial charge >= 0.3 is 11.9 Å². The van der Waals surface area contributed by atoms with Gasteiger partial charge in [0.2, 0.25) is 5.91 Å². The number of hydrogen-bond donors (Lipinski definition) is 1. The smallest absolute Gasteiger partial charge is 0.319 e. The van der Waals surface area contributed by atoms with Crippen molar-refractivity contribution in [3.8, 4) is 6.07 Å². The zero-order chi connectivity index (χ0) is 20.0. The lowest BCUT2D eigenvalue weighted by Crippen LogP contribution is -2.44. The van der Waals surface area contributed by atoms with E-state index in [1.807, 2.05) is 6.07 Å². The summed E-state index contributed by atoms with van der Waals surface area (Å²) in [4.78, 5) is 36.5. The highest BCUT2D eigenvalue weighted by atomic mass is 35.5. The Morgan fingerprint density at radius 2 is 2.07 bits per heavy atom. The second-order valence-electron chi connectivity index (χ2n) is 5.44. The number of thioether (sulfide) groups is 1. The number of amides is 1. The summed E-state index contributed by atoms with van der Waals surface area (Å²) in [5.74, 6) is -4.17. The predicted octanol–water partition coefficient (Wildman–Crippen LogP) is 2.37. The Balaban J connectivity index is 2.52. The molecule has 0 saturated heterocycles. The Morgan fingerprint density at radius 1 is 1.37 bits per heavy atom. The van der Waals surface area contributed by atoms with Crippen molar-refractivity contribution in [2.75, 3.05) is 19.5 Å². The van der Waals surface area contributed by atoms with Crippen LogP contribution in [0.25, 0.3) is 0 Å². The van der Waals surface area contributed by atoms with Gasteiger partial charge in [-0.05, 0) is 18.6 Å². The lowest BCUT2D eigenvalue weighted by Gasteiger charge is -2.31. The van der Waals surface area contributed by atoms with Gasteiger partial charge in [0, 0.05) is 10.9 Å². The Hall–Kier alpha value is -2.50. The highest BCUT2D eigenvalue weighted by molar-refractivity contribution is 8.03. The van der Waals surface area contributed by atoms with Crippen LogP contribution in [-0.4, -0.2) is 37.3 Å². The first kappa shape index (κ1) is 20.8. The van der Waals surface area contributed by atoms with Gasteiger partial charge in [-0.15, -0.1) is 0 Å². The molecule has 2 rings (SSSR count). The van der Waals surface area contributed by atoms with Crippen molar-refractivity contribution in [2.24, 2.45) is 5.92 Å². The maximum absolute atomic E-state index is 12.6. The molecular formula is C18H17ClN2O5S. The van der Waals surface area contributed by atoms with Crippen molar-refractivity contribution < 1.29 is 23.9 Å². The molecule has 7 nitrogen and oxygen atoms in total. The van der Waals surface area contributed by atoms with Crippen LogP contribution in [-0.2, 0) is 23.9 Å². The van der Waals surface area contributed by atoms with Gasteiger partial charge in [0.25, 0.3) is 0 Å². The van der Waals surface area contributed by atoms with Gasteiger partial charge in [0.05, 0.1) is 36.1 Å². The van der Waals surface area contributed by atoms with Crippen molar-refractivity contribution in [1.29, 1.82) is 5.26 Å². The van der Waals surface area contributed by atoms with E-state index in [1.165, 1.54) is 7.11 Å². The topological polar surface area (TPSA) is 105 Å². The summed E-state index contributed by atoms with van der Waals surface area (Å²) in [6.45, 7) is 1.90. The summed E-state index contributed by atoms with van der Waals surface area (Å²) in [6.07, 6.45) is 0. The Labute approximate surface area is 165 Å². The first-order valence-corrected chi connectivity index (χ1v) is 9.36. The van der Waals surface area contributed by atoms with Crippen LogP contribution >= 0.6 is 23.4 Å². The number of ether oxygens (including phenoxy) is 2. The number of allylic oxidation sites excluding steroid dienone is 1. The molecule has 0 radical (unpaired) electrons. The van der Waals surface area contributed by atoms with E-state index in [1.54, 1.807) is 31.2 Å². The summed E-state index contributed by atoms with van der Waals surface area (Å²) in [5.41, 5.74) is 0.586. The number of esters is 2. The van der Waals surface area contributed by atoms with Gasteiger partial charge in [-0.25, -0.2) is 0 Å². The largest absolute Gasteiger partial charge is 0.468 e. The lowest BCUT2D eigenvalue weighted by molar-refractivity contribution is -0.150. The minimum atomic E-state index is -1.27. The number of benzene rings is 1. The normalized spacial score (nSPS) is 19.1. The molecule has 1 aromatic rings. The minimum Gasteiger partial charge on any atom is -0.468 e. The number of nitrogens with one attached hydrogen (secondary N) is 1. The van der Waals surface area contributed by atoms with E-state index < -0.39 is 29.7 Å². The maximum Gasteiger partial charge on any atom is 0.319 e. The molecule has 1 aliphatic rings. The molecule has 0 spiro atoms. The molecule has 1 aromatic carbocycles. The number of hydrogen-bond acceptors (Lipinski definition) is 7. The molecule has 0 unspecified atom stereocenters. The first-order chi connectivity index (χ1) is 12.9. The number of carbonyl (C=O) groups excluding carboxylic acids is 3. The molecule has 1 N–H and O–H groups in total. The van der Waals surface area contributed by atoms with E-state index >= 15 is 0 Å². The van der Waals surface area contributed by atoms with Crippen LogP contribution < -0.4 is 5.32 Å². The van der Waals surface area contributed by atoms with Crippen LogP contribution in [0.1, 0.15) is 18.4 Å². The monoisotopic (exact) mass is 408 g/mol. The second-order valence-corrected chi connectivity index (χ2v) is 6.83. The summed E-state index contributed by atoms with van der Waals surface area (Å²) in [5, 5.41) is 12.8. The highest BCUT2D eigenvalue weighted by Crippen LogP contribution is 2.42. The van der Waals surface area contributed by atoms with Crippen LogP contribution in [0.2, 0.25) is 5.02 Å². The fourth-order valence-corrected chi connectivity index (χ4v) is 3.82. The van der Waals surface area contributed by atoms with Crippen molar-refractivity contribution >= 4 is 41.2 Å². The molecule has 0 bridgehead atoms. The molecule has 0 aromatic heterocycles. The quantitative estimate of drug-likeness (QED) is 0.569. The molecular weight excluding hydrogens is 392 g/mol. The molecule has 1 amide bonds. The van der Waals surface area contributed by atoms with Crippen molar-refractivity contribution in [3.05, 3.63) is 45.5 Å². The van der Waals surface area contributed by atoms with E-state index in [4.69, 9.17) is 21.1 Å². The van der Waals surface area contributed by atoms with Crippen LogP contribution in [0, 0.1) is 17.2 Å². The average molecular weight is 409 g/mol. The molecule has 9 heteroatoms. The fourth-order valence-electron chi connectivity index (χ4n) is 2.72. The molecule has 0 fully saturated rings. The summed E-state index contributed by atoms with van der Waals surface area (Å²) >= 11 is 7.22. The molecule has 0 aliphatic carbocycles. The summed E-state index contributed by atoms with van der Waals surface area (Å²) in [6, 6.07) is 8.69. The van der Waals surface area contributed by atoms with Gasteiger partial charge < -0.3 is 14.8 Å². The minimum absolute atomic E-state index is 0.0905. The third-order valence-corrected chi connectivity index (χ3v) is 5.20. The molecule has 142 valence electrons. The van der Waals surface area contributed by atoms with E-state index in [9.17, 15) is 19.6 Å². The van der Waals surface area contributed by atoms with Gasteiger partial charge in [0.15, 0.2) is 0 Å². The average Bonchev–Trinajstić information content (AvgIpc) is 2.66. The number of rotatable bonds is 6. The van der Waals surface area contributed by atoms with Crippen LogP contribution in [0.5, 0.6) is 0 Å². The van der Waals surface area contributed by atoms with E-state index in [2.05, 4.69) is 5.32 Å². The predicted molar refractivity (Wildman–Crippen MR) is 99.6 cm³/mol. The van der Waals surface area contributed by atoms with Crippen molar-refractivity contribution in [3.63, 3.8) is 0 Å². The Kier molecular flexibility index (Phi) is 7.28. The maximum atomic E-state index is 12.6. The van der Waals surface area contributed by atoms with Crippen molar-refractivity contribution in [1.82, 2.24) is 5.32 Å². The standard InChI is InChI=1S/C18H17ClN2O5S/c1-3-26-13(22)9-27-17-11(8-20)14(10-6-4-5-7-12(10)19)15(16(23)21-17)18(24)25-2/h4-7,14-15H,3,9H2,1-2H3,(H,21,23)/t14-,15-/m0/s1. The van der Waals surface area contributed by atoms with Gasteiger partial charge in [-0.1, -0.05) is 41.6 Å². The molecule has 27 heavy (non-hydrogen) atoms. The van der Waals surface area contributed by atoms with E-state index in [0.29, 0.717) is 10.6 Å². The number of carbonyl (C=O) groups is 3. The van der Waals surface area contributed by atoms with Gasteiger partial charge in [-0.2, -0.15) is 5.26 Å². The van der Waals surface area contributed by atoms with Crippen molar-refractivity contribution in [2.45, 2.75) is 12.8 Å². The molecule has 1 heterocycles. The zero-order valence-electron chi connectivity index (χ0n) is 14.7. The molecule has 1 aliphatic heterocycles. The Morgan fingerprint density at radius 3 is 2.67 bits per heavy atom. The molecule has 2 atom stereocenters.